The maximum Gasteiger partial charge on any atom is 0.226 e. The smallest absolute Gasteiger partial charge is 0.226 e. The van der Waals surface area contributed by atoms with E-state index in [1.807, 2.05) is 0 Å². The number of carbonyl (C=O) groups excluding carboxylic acids is 1. The Morgan fingerprint density at radius 2 is 1.81 bits per heavy atom. The van der Waals surface area contributed by atoms with E-state index < -0.39 is 0 Å². The lowest BCUT2D eigenvalue weighted by molar-refractivity contribution is -0.170. The summed E-state index contributed by atoms with van der Waals surface area (Å²) in [5.41, 5.74) is 0.639. The summed E-state index contributed by atoms with van der Waals surface area (Å²) in [6, 6.07) is 0.135. The number of aliphatic hydroxyl groups is 1. The first-order valence-electron chi connectivity index (χ1n) is 8.74. The highest BCUT2D eigenvalue weighted by Crippen LogP contribution is 2.69. The van der Waals surface area contributed by atoms with Crippen LogP contribution < -0.4 is 5.32 Å². The minimum atomic E-state index is -0.119. The van der Waals surface area contributed by atoms with Gasteiger partial charge in [0.1, 0.15) is 0 Å². The van der Waals surface area contributed by atoms with E-state index in [2.05, 4.69) is 26.1 Å². The summed E-state index contributed by atoms with van der Waals surface area (Å²) in [6.07, 6.45) is 8.79. The van der Waals surface area contributed by atoms with Gasteiger partial charge in [0, 0.05) is 12.6 Å². The first-order chi connectivity index (χ1) is 9.82. The van der Waals surface area contributed by atoms with E-state index in [0.29, 0.717) is 17.3 Å². The molecule has 4 aliphatic rings. The normalized spacial score (nSPS) is 45.6. The van der Waals surface area contributed by atoms with Gasteiger partial charge in [-0.3, -0.25) is 4.79 Å². The first kappa shape index (κ1) is 15.3. The first-order valence-corrected chi connectivity index (χ1v) is 8.74. The van der Waals surface area contributed by atoms with Gasteiger partial charge >= 0.3 is 0 Å². The predicted molar refractivity (Wildman–Crippen MR) is 83.8 cm³/mol. The molecule has 4 saturated carbocycles. The highest BCUT2D eigenvalue weighted by Gasteiger charge is 2.62. The molecule has 0 aromatic heterocycles. The van der Waals surface area contributed by atoms with Crippen molar-refractivity contribution < 1.29 is 9.90 Å². The standard InChI is InChI=1S/C18H31NO2/c1-4-14(5-6-20)19-15(21)18-9-13-7-16(2,11-18)10-17(3,8-13)12-18/h13-14,20H,4-12H2,1-3H3,(H,19,21). The van der Waals surface area contributed by atoms with E-state index in [0.717, 1.165) is 31.6 Å². The maximum atomic E-state index is 13.0. The molecule has 3 atom stereocenters. The van der Waals surface area contributed by atoms with E-state index in [9.17, 15) is 4.79 Å². The van der Waals surface area contributed by atoms with Crippen LogP contribution in [-0.2, 0) is 4.79 Å². The molecule has 4 bridgehead atoms. The molecule has 0 radical (unpaired) electrons. The largest absolute Gasteiger partial charge is 0.396 e. The summed E-state index contributed by atoms with van der Waals surface area (Å²) in [5, 5.41) is 12.4. The van der Waals surface area contributed by atoms with E-state index in [-0.39, 0.29) is 24.0 Å². The van der Waals surface area contributed by atoms with E-state index in [4.69, 9.17) is 5.11 Å². The van der Waals surface area contributed by atoms with Crippen LogP contribution in [0.5, 0.6) is 0 Å². The van der Waals surface area contributed by atoms with Crippen LogP contribution in [0.2, 0.25) is 0 Å². The van der Waals surface area contributed by atoms with Crippen LogP contribution in [0.3, 0.4) is 0 Å². The third kappa shape index (κ3) is 2.62. The Morgan fingerprint density at radius 1 is 1.19 bits per heavy atom. The Hall–Kier alpha value is -0.570. The van der Waals surface area contributed by atoms with E-state index in [1.165, 1.54) is 19.3 Å². The van der Waals surface area contributed by atoms with Crippen LogP contribution in [-0.4, -0.2) is 23.7 Å². The van der Waals surface area contributed by atoms with Crippen molar-refractivity contribution in [3.05, 3.63) is 0 Å². The zero-order valence-corrected chi connectivity index (χ0v) is 13.9. The van der Waals surface area contributed by atoms with Crippen molar-refractivity contribution in [3.63, 3.8) is 0 Å². The van der Waals surface area contributed by atoms with Crippen molar-refractivity contribution >= 4 is 5.91 Å². The fraction of sp³-hybridized carbons (Fsp3) is 0.944. The second kappa shape index (κ2) is 4.97. The van der Waals surface area contributed by atoms with Crippen LogP contribution in [0.15, 0.2) is 0 Å². The van der Waals surface area contributed by atoms with Gasteiger partial charge in [-0.25, -0.2) is 0 Å². The molecule has 0 aromatic rings. The molecule has 0 spiro atoms. The van der Waals surface area contributed by atoms with E-state index >= 15 is 0 Å². The van der Waals surface area contributed by atoms with Crippen LogP contribution in [0.4, 0.5) is 0 Å². The molecule has 3 unspecified atom stereocenters. The van der Waals surface area contributed by atoms with Gasteiger partial charge in [0.2, 0.25) is 5.91 Å². The second-order valence-electron chi connectivity index (χ2n) is 9.00. The Kier molecular flexibility index (Phi) is 3.63. The van der Waals surface area contributed by atoms with Gasteiger partial charge in [0.25, 0.3) is 0 Å². The van der Waals surface area contributed by atoms with Gasteiger partial charge in [-0.1, -0.05) is 20.8 Å². The number of hydrogen-bond acceptors (Lipinski definition) is 2. The molecule has 3 heteroatoms. The summed E-state index contributed by atoms with van der Waals surface area (Å²) in [6.45, 7) is 7.05. The fourth-order valence-corrected chi connectivity index (χ4v) is 6.57. The molecule has 4 fully saturated rings. The van der Waals surface area contributed by atoms with Crippen LogP contribution in [0, 0.1) is 22.2 Å². The van der Waals surface area contributed by atoms with Crippen molar-refractivity contribution in [2.75, 3.05) is 6.61 Å². The Bertz CT molecular complexity index is 415. The molecule has 21 heavy (non-hydrogen) atoms. The lowest BCUT2D eigenvalue weighted by atomic mass is 9.40. The summed E-state index contributed by atoms with van der Waals surface area (Å²) in [5.74, 6) is 1.03. The van der Waals surface area contributed by atoms with Crippen molar-refractivity contribution in [1.82, 2.24) is 5.32 Å². The lowest BCUT2D eigenvalue weighted by Gasteiger charge is -2.64. The fourth-order valence-electron chi connectivity index (χ4n) is 6.57. The average molecular weight is 293 g/mol. The number of hydrogen-bond donors (Lipinski definition) is 2. The molecule has 4 aliphatic carbocycles. The molecule has 0 aromatic carbocycles. The summed E-state index contributed by atoms with van der Waals surface area (Å²) in [7, 11) is 0. The number of amides is 1. The second-order valence-corrected chi connectivity index (χ2v) is 9.00. The summed E-state index contributed by atoms with van der Waals surface area (Å²) >= 11 is 0. The molecule has 3 nitrogen and oxygen atoms in total. The minimum Gasteiger partial charge on any atom is -0.396 e. The molecule has 120 valence electrons. The van der Waals surface area contributed by atoms with Gasteiger partial charge in [-0.2, -0.15) is 0 Å². The van der Waals surface area contributed by atoms with Gasteiger partial charge < -0.3 is 10.4 Å². The van der Waals surface area contributed by atoms with Gasteiger partial charge in [-0.15, -0.1) is 0 Å². The average Bonchev–Trinajstić information content (AvgIpc) is 2.33. The van der Waals surface area contributed by atoms with Gasteiger partial charge in [0.05, 0.1) is 5.41 Å². The van der Waals surface area contributed by atoms with Crippen LogP contribution in [0.1, 0.15) is 72.1 Å². The zero-order valence-electron chi connectivity index (χ0n) is 13.9. The number of aliphatic hydroxyl groups excluding tert-OH is 1. The molecule has 4 rings (SSSR count). The number of carbonyl (C=O) groups is 1. The minimum absolute atomic E-state index is 0.119. The molecule has 0 aliphatic heterocycles. The zero-order chi connectivity index (χ0) is 15.3. The monoisotopic (exact) mass is 293 g/mol. The molecular formula is C18H31NO2. The third-order valence-corrected chi connectivity index (χ3v) is 6.41. The Balaban J connectivity index is 1.79. The highest BCUT2D eigenvalue weighted by atomic mass is 16.3. The van der Waals surface area contributed by atoms with Gasteiger partial charge in [0.15, 0.2) is 0 Å². The predicted octanol–water partition coefficient (Wildman–Crippen LogP) is 3.26. The van der Waals surface area contributed by atoms with Crippen molar-refractivity contribution in [2.24, 2.45) is 22.2 Å². The summed E-state index contributed by atoms with van der Waals surface area (Å²) < 4.78 is 0. The topological polar surface area (TPSA) is 49.3 Å². The summed E-state index contributed by atoms with van der Waals surface area (Å²) in [4.78, 5) is 13.0. The lowest BCUT2D eigenvalue weighted by Crippen LogP contribution is -2.60. The van der Waals surface area contributed by atoms with Crippen LogP contribution >= 0.6 is 0 Å². The molecule has 0 heterocycles. The van der Waals surface area contributed by atoms with Gasteiger partial charge in [-0.05, 0) is 68.1 Å². The quantitative estimate of drug-likeness (QED) is 0.817. The van der Waals surface area contributed by atoms with E-state index in [1.54, 1.807) is 0 Å². The van der Waals surface area contributed by atoms with Crippen molar-refractivity contribution in [3.8, 4) is 0 Å². The van der Waals surface area contributed by atoms with Crippen LogP contribution in [0.25, 0.3) is 0 Å². The highest BCUT2D eigenvalue weighted by molar-refractivity contribution is 5.83. The maximum absolute atomic E-state index is 13.0. The Morgan fingerprint density at radius 3 is 2.29 bits per heavy atom. The number of nitrogens with one attached hydrogen (secondary N) is 1. The van der Waals surface area contributed by atoms with Crippen molar-refractivity contribution in [2.45, 2.75) is 78.2 Å². The molecular weight excluding hydrogens is 262 g/mol. The molecule has 1 amide bonds. The molecule has 0 saturated heterocycles. The SMILES string of the molecule is CCC(CCO)NC(=O)C12CC3CC(C)(CC(C)(C3)C1)C2. The number of rotatable bonds is 5. The Labute approximate surface area is 128 Å². The molecule has 2 N–H and O–H groups in total. The van der Waals surface area contributed by atoms with Crippen molar-refractivity contribution in [1.29, 1.82) is 0 Å². The third-order valence-electron chi connectivity index (χ3n) is 6.41.